The van der Waals surface area contributed by atoms with E-state index in [-0.39, 0.29) is 10.5 Å². The molecule has 5 aromatic rings. The summed E-state index contributed by atoms with van der Waals surface area (Å²) in [5, 5.41) is 10.2. The minimum Gasteiger partial charge on any atom is -0.478 e. The van der Waals surface area contributed by atoms with E-state index in [1.165, 1.54) is 0 Å². The Kier molecular flexibility index (Phi) is 9.74. The molecule has 0 saturated heterocycles. The molecular weight excluding hydrogens is 617 g/mol. The van der Waals surface area contributed by atoms with Gasteiger partial charge in [0, 0.05) is 35.4 Å². The molecule has 44 heavy (non-hydrogen) atoms. The zero-order chi connectivity index (χ0) is 31.3. The molecule has 0 saturated carbocycles. The molecular formula is C34H31Cl2N3O4S. The largest absolute Gasteiger partial charge is 0.478 e. The van der Waals surface area contributed by atoms with E-state index in [9.17, 15) is 18.3 Å². The van der Waals surface area contributed by atoms with E-state index in [0.717, 1.165) is 47.3 Å². The quantitative estimate of drug-likeness (QED) is 0.142. The van der Waals surface area contributed by atoms with E-state index >= 15 is 0 Å². The maximum Gasteiger partial charge on any atom is 0.335 e. The van der Waals surface area contributed by atoms with E-state index in [1.807, 2.05) is 35.0 Å². The smallest absolute Gasteiger partial charge is 0.335 e. The van der Waals surface area contributed by atoms with Crippen molar-refractivity contribution in [2.45, 2.75) is 44.0 Å². The van der Waals surface area contributed by atoms with Crippen molar-refractivity contribution in [3.8, 4) is 11.3 Å². The predicted octanol–water partition coefficient (Wildman–Crippen LogP) is 8.34. The van der Waals surface area contributed by atoms with Crippen LogP contribution in [0.25, 0.3) is 11.3 Å². The number of aromatic carboxylic acids is 1. The van der Waals surface area contributed by atoms with Crippen LogP contribution in [0.2, 0.25) is 10.0 Å². The number of aryl methyl sites for hydroxylation is 1. The van der Waals surface area contributed by atoms with Gasteiger partial charge in [0.2, 0.25) is 0 Å². The lowest BCUT2D eigenvalue weighted by atomic mass is 10.1. The van der Waals surface area contributed by atoms with Gasteiger partial charge in [0.1, 0.15) is 5.82 Å². The molecule has 7 nitrogen and oxygen atoms in total. The molecule has 0 spiro atoms. The highest BCUT2D eigenvalue weighted by Crippen LogP contribution is 2.31. The number of aromatic nitrogens is 2. The number of nitrogens with one attached hydrogen (secondary N) is 1. The van der Waals surface area contributed by atoms with Crippen molar-refractivity contribution in [3.05, 3.63) is 135 Å². The Bertz CT molecular complexity index is 1890. The molecule has 1 heterocycles. The van der Waals surface area contributed by atoms with Gasteiger partial charge < -0.3 is 9.67 Å². The highest BCUT2D eigenvalue weighted by atomic mass is 35.5. The lowest BCUT2D eigenvalue weighted by molar-refractivity contribution is 0.0697. The number of halogens is 2. The molecule has 0 unspecified atom stereocenters. The second-order valence-electron chi connectivity index (χ2n) is 10.5. The van der Waals surface area contributed by atoms with Gasteiger partial charge in [-0.15, -0.1) is 0 Å². The maximum absolute atomic E-state index is 13.1. The van der Waals surface area contributed by atoms with Crippen LogP contribution in [-0.2, 0) is 29.4 Å². The molecule has 0 atom stereocenters. The van der Waals surface area contributed by atoms with Gasteiger partial charge in [-0.1, -0.05) is 72.9 Å². The molecule has 226 valence electrons. The summed E-state index contributed by atoms with van der Waals surface area (Å²) in [5.41, 5.74) is 4.88. The lowest BCUT2D eigenvalue weighted by Gasteiger charge is -2.11. The second-order valence-corrected chi connectivity index (χ2v) is 13.1. The van der Waals surface area contributed by atoms with Gasteiger partial charge >= 0.3 is 5.97 Å². The van der Waals surface area contributed by atoms with Crippen LogP contribution in [0.15, 0.2) is 102 Å². The maximum atomic E-state index is 13.1. The van der Waals surface area contributed by atoms with E-state index in [1.54, 1.807) is 66.7 Å². The number of hydrogen-bond acceptors (Lipinski definition) is 4. The Morgan fingerprint density at radius 3 is 2.32 bits per heavy atom. The van der Waals surface area contributed by atoms with Crippen LogP contribution >= 0.6 is 23.2 Å². The number of imidazole rings is 1. The topological polar surface area (TPSA) is 101 Å². The molecule has 0 aliphatic rings. The normalized spacial score (nSPS) is 11.4. The van der Waals surface area contributed by atoms with Gasteiger partial charge in [-0.3, -0.25) is 4.72 Å². The molecule has 0 aliphatic heterocycles. The number of unbranched alkanes of at least 4 members (excludes halogenated alkanes) is 1. The van der Waals surface area contributed by atoms with Gasteiger partial charge in [-0.25, -0.2) is 18.2 Å². The van der Waals surface area contributed by atoms with Crippen molar-refractivity contribution in [1.82, 2.24) is 9.55 Å². The van der Waals surface area contributed by atoms with Gasteiger partial charge in [0.05, 0.1) is 21.2 Å². The summed E-state index contributed by atoms with van der Waals surface area (Å²) in [6.45, 7) is 2.56. The summed E-state index contributed by atoms with van der Waals surface area (Å²) < 4.78 is 31.0. The molecule has 10 heteroatoms. The van der Waals surface area contributed by atoms with E-state index in [2.05, 4.69) is 11.6 Å². The highest BCUT2D eigenvalue weighted by molar-refractivity contribution is 7.92. The van der Waals surface area contributed by atoms with Crippen LogP contribution in [0, 0.1) is 0 Å². The summed E-state index contributed by atoms with van der Waals surface area (Å²) in [7, 11) is -3.78. The molecule has 0 fully saturated rings. The molecule has 4 aromatic carbocycles. The molecule has 5 rings (SSSR count). The predicted molar refractivity (Wildman–Crippen MR) is 175 cm³/mol. The molecule has 1 aromatic heterocycles. The Balaban J connectivity index is 1.41. The van der Waals surface area contributed by atoms with Gasteiger partial charge in [0.25, 0.3) is 10.0 Å². The number of carbonyl (C=O) groups is 1. The SMILES string of the molecule is CCCCc1ccc(S(=O)(=O)Nc2cccc(Cc3nc(-c4ccc(Cl)cc4Cl)cn3Cc3ccc(C(=O)O)cc3)c2)cc1. The van der Waals surface area contributed by atoms with Crippen LogP contribution in [0.3, 0.4) is 0 Å². The third-order valence-electron chi connectivity index (χ3n) is 7.21. The Labute approximate surface area is 267 Å². The zero-order valence-electron chi connectivity index (χ0n) is 24.0. The number of rotatable bonds is 12. The molecule has 0 amide bonds. The summed E-state index contributed by atoms with van der Waals surface area (Å²) >= 11 is 12.6. The summed E-state index contributed by atoms with van der Waals surface area (Å²) in [4.78, 5) is 16.4. The van der Waals surface area contributed by atoms with E-state index in [0.29, 0.717) is 34.4 Å². The van der Waals surface area contributed by atoms with Crippen molar-refractivity contribution in [1.29, 1.82) is 0 Å². The van der Waals surface area contributed by atoms with Gasteiger partial charge in [-0.2, -0.15) is 0 Å². The van der Waals surface area contributed by atoms with Crippen LogP contribution in [0.5, 0.6) is 0 Å². The fraction of sp³-hybridized carbons (Fsp3) is 0.176. The van der Waals surface area contributed by atoms with Crippen molar-refractivity contribution in [2.75, 3.05) is 4.72 Å². The monoisotopic (exact) mass is 647 g/mol. The first kappa shape index (κ1) is 31.3. The fourth-order valence-electron chi connectivity index (χ4n) is 4.87. The number of hydrogen-bond donors (Lipinski definition) is 2. The first-order valence-corrected chi connectivity index (χ1v) is 16.4. The van der Waals surface area contributed by atoms with Crippen molar-refractivity contribution in [2.24, 2.45) is 0 Å². The lowest BCUT2D eigenvalue weighted by Crippen LogP contribution is -2.13. The number of nitrogens with zero attached hydrogens (tertiary/aromatic N) is 2. The number of benzene rings is 4. The Hall–Kier alpha value is -4.11. The number of sulfonamides is 1. The minimum absolute atomic E-state index is 0.206. The highest BCUT2D eigenvalue weighted by Gasteiger charge is 2.17. The van der Waals surface area contributed by atoms with Crippen molar-refractivity contribution < 1.29 is 18.3 Å². The van der Waals surface area contributed by atoms with Gasteiger partial charge in [-0.05, 0) is 84.1 Å². The molecule has 0 aliphatic carbocycles. The molecule has 2 N–H and O–H groups in total. The van der Waals surface area contributed by atoms with Crippen molar-refractivity contribution >= 4 is 44.9 Å². The van der Waals surface area contributed by atoms with Crippen LogP contribution in [-0.4, -0.2) is 29.0 Å². The third kappa shape index (κ3) is 7.69. The van der Waals surface area contributed by atoms with Gasteiger partial charge in [0.15, 0.2) is 0 Å². The average Bonchev–Trinajstić information content (AvgIpc) is 3.37. The fourth-order valence-corrected chi connectivity index (χ4v) is 6.42. The molecule has 0 bridgehead atoms. The van der Waals surface area contributed by atoms with Crippen molar-refractivity contribution in [3.63, 3.8) is 0 Å². The first-order chi connectivity index (χ1) is 21.1. The van der Waals surface area contributed by atoms with Crippen LogP contribution in [0.4, 0.5) is 5.69 Å². The number of carboxylic acid groups (broad SMARTS) is 1. The summed E-state index contributed by atoms with van der Waals surface area (Å²) in [6.07, 6.45) is 5.35. The van der Waals surface area contributed by atoms with Crippen LogP contribution < -0.4 is 4.72 Å². The van der Waals surface area contributed by atoms with E-state index in [4.69, 9.17) is 28.2 Å². The Morgan fingerprint density at radius 2 is 1.64 bits per heavy atom. The second kappa shape index (κ2) is 13.7. The number of carboxylic acids is 1. The molecule has 0 radical (unpaired) electrons. The van der Waals surface area contributed by atoms with Crippen LogP contribution in [0.1, 0.15) is 52.6 Å². The van der Waals surface area contributed by atoms with E-state index < -0.39 is 16.0 Å². The number of anilines is 1. The first-order valence-electron chi connectivity index (χ1n) is 14.2. The third-order valence-corrected chi connectivity index (χ3v) is 9.16. The summed E-state index contributed by atoms with van der Waals surface area (Å²) in [6, 6.07) is 26.1. The zero-order valence-corrected chi connectivity index (χ0v) is 26.3. The average molecular weight is 649 g/mol. The minimum atomic E-state index is -3.78. The summed E-state index contributed by atoms with van der Waals surface area (Å²) in [5.74, 6) is -0.268. The Morgan fingerprint density at radius 1 is 0.909 bits per heavy atom. The standard InChI is InChI=1S/C34H31Cl2N3O4S/c1-2-3-5-23-10-15-29(16-11-23)44(42,43)38-28-7-4-6-25(18-28)19-33-37-32(30-17-14-27(35)20-31(30)36)22-39(33)21-24-8-12-26(13-9-24)34(40)41/h4,6-18,20,22,38H,2-3,5,19,21H2,1H3,(H,40,41).